The molecule has 0 saturated heterocycles. The molecule has 1 N–H and O–H groups in total. The van der Waals surface area contributed by atoms with E-state index in [-0.39, 0.29) is 12.5 Å². The van der Waals surface area contributed by atoms with Crippen LogP contribution in [0.3, 0.4) is 0 Å². The molecule has 132 valence electrons. The highest BCUT2D eigenvalue weighted by Gasteiger charge is 2.09. The van der Waals surface area contributed by atoms with Gasteiger partial charge in [0.15, 0.2) is 6.61 Å². The fraction of sp³-hybridized carbons (Fsp3) is 0.222. The van der Waals surface area contributed by atoms with Gasteiger partial charge in [-0.3, -0.25) is 4.79 Å². The topological polar surface area (TPSA) is 59.9 Å². The van der Waals surface area contributed by atoms with Gasteiger partial charge in [-0.2, -0.15) is 5.10 Å². The number of carbonyl (C=O) groups is 1. The number of nitrogens with one attached hydrogen (secondary N) is 1. The number of amides is 1. The van der Waals surface area contributed by atoms with Crippen LogP contribution in [0.5, 0.6) is 11.5 Å². The number of carbonyl (C=O) groups excluding carboxylic acids is 1. The van der Waals surface area contributed by atoms with Gasteiger partial charge in [-0.1, -0.05) is 22.0 Å². The molecule has 0 radical (unpaired) electrons. The predicted molar refractivity (Wildman–Crippen MR) is 106 cm³/mol. The first-order chi connectivity index (χ1) is 11.9. The Hall–Kier alpha value is -1.86. The Kier molecular flexibility index (Phi) is 7.01. The molecule has 0 saturated carbocycles. The van der Waals surface area contributed by atoms with Crippen molar-refractivity contribution in [2.75, 3.05) is 13.7 Å². The van der Waals surface area contributed by atoms with E-state index in [0.717, 1.165) is 25.6 Å². The van der Waals surface area contributed by atoms with Crippen LogP contribution in [-0.4, -0.2) is 25.8 Å². The van der Waals surface area contributed by atoms with Crippen LogP contribution in [-0.2, 0) is 4.79 Å². The summed E-state index contributed by atoms with van der Waals surface area (Å²) in [4.78, 5) is 11.9. The fourth-order valence-corrected chi connectivity index (χ4v) is 3.40. The summed E-state index contributed by atoms with van der Waals surface area (Å²) >= 11 is 6.84. The van der Waals surface area contributed by atoms with Gasteiger partial charge in [0.2, 0.25) is 0 Å². The number of ether oxygens (including phenoxy) is 2. The maximum absolute atomic E-state index is 11.9. The van der Waals surface area contributed by atoms with Crippen molar-refractivity contribution in [3.63, 3.8) is 0 Å². The Morgan fingerprint density at radius 3 is 2.68 bits per heavy atom. The molecule has 0 bridgehead atoms. The number of benzene rings is 2. The van der Waals surface area contributed by atoms with E-state index in [2.05, 4.69) is 42.4 Å². The number of halogens is 2. The molecule has 0 atom stereocenters. The summed E-state index contributed by atoms with van der Waals surface area (Å²) in [5.74, 6) is 0.965. The number of hydrazone groups is 1. The summed E-state index contributed by atoms with van der Waals surface area (Å²) in [6.45, 7) is 3.80. The lowest BCUT2D eigenvalue weighted by Gasteiger charge is -2.11. The zero-order valence-corrected chi connectivity index (χ0v) is 17.3. The minimum Gasteiger partial charge on any atom is -0.496 e. The van der Waals surface area contributed by atoms with Crippen LogP contribution in [0.25, 0.3) is 0 Å². The van der Waals surface area contributed by atoms with Crippen molar-refractivity contribution in [1.82, 2.24) is 5.43 Å². The van der Waals surface area contributed by atoms with Gasteiger partial charge in [-0.25, -0.2) is 5.43 Å². The normalized spacial score (nSPS) is 10.8. The molecule has 0 aliphatic carbocycles. The first kappa shape index (κ1) is 19.5. The zero-order chi connectivity index (χ0) is 18.4. The second-order valence-electron chi connectivity index (χ2n) is 5.36. The largest absolute Gasteiger partial charge is 0.496 e. The number of aryl methyl sites for hydroxylation is 2. The average molecular weight is 470 g/mol. The van der Waals surface area contributed by atoms with Crippen molar-refractivity contribution < 1.29 is 14.3 Å². The van der Waals surface area contributed by atoms with Gasteiger partial charge >= 0.3 is 0 Å². The van der Waals surface area contributed by atoms with E-state index < -0.39 is 0 Å². The molecule has 0 unspecified atom stereocenters. The van der Waals surface area contributed by atoms with E-state index in [0.29, 0.717) is 11.5 Å². The first-order valence-electron chi connectivity index (χ1n) is 7.45. The molecule has 5 nitrogen and oxygen atoms in total. The molecule has 7 heteroatoms. The second-order valence-corrected chi connectivity index (χ2v) is 7.13. The number of rotatable bonds is 6. The smallest absolute Gasteiger partial charge is 0.277 e. The van der Waals surface area contributed by atoms with Crippen molar-refractivity contribution in [3.05, 3.63) is 56.0 Å². The van der Waals surface area contributed by atoms with Gasteiger partial charge in [-0.05, 0) is 65.2 Å². The van der Waals surface area contributed by atoms with Crippen LogP contribution in [0.15, 0.2) is 44.4 Å². The lowest BCUT2D eigenvalue weighted by atomic mass is 10.1. The summed E-state index contributed by atoms with van der Waals surface area (Å²) in [5, 5.41) is 3.95. The Morgan fingerprint density at radius 1 is 1.24 bits per heavy atom. The lowest BCUT2D eigenvalue weighted by Crippen LogP contribution is -2.24. The minimum atomic E-state index is -0.350. The Labute approximate surface area is 163 Å². The molecule has 1 amide bonds. The standard InChI is InChI=1S/C18H18Br2N2O3/c1-11-6-12(2)18(15(20)7-11)25-10-17(23)22-21-9-13-8-14(19)4-5-16(13)24-3/h4-9H,10H2,1-3H3,(H,22,23)/b21-9-. The molecule has 2 aromatic carbocycles. The molecule has 0 aliphatic rings. The predicted octanol–water partition coefficient (Wildman–Crippen LogP) is 4.37. The van der Waals surface area contributed by atoms with Crippen LogP contribution < -0.4 is 14.9 Å². The van der Waals surface area contributed by atoms with Gasteiger partial charge in [0.1, 0.15) is 11.5 Å². The van der Waals surface area contributed by atoms with Crippen LogP contribution in [0.4, 0.5) is 0 Å². The van der Waals surface area contributed by atoms with Crippen molar-refractivity contribution >= 4 is 44.0 Å². The van der Waals surface area contributed by atoms with Crippen molar-refractivity contribution in [3.8, 4) is 11.5 Å². The molecule has 0 spiro atoms. The molecular weight excluding hydrogens is 452 g/mol. The maximum Gasteiger partial charge on any atom is 0.277 e. The van der Waals surface area contributed by atoms with Crippen LogP contribution in [0.2, 0.25) is 0 Å². The summed E-state index contributed by atoms with van der Waals surface area (Å²) in [6, 6.07) is 9.46. The molecule has 0 aliphatic heterocycles. The van der Waals surface area contributed by atoms with E-state index in [1.807, 2.05) is 44.2 Å². The van der Waals surface area contributed by atoms with E-state index >= 15 is 0 Å². The third-order valence-electron chi connectivity index (χ3n) is 3.31. The summed E-state index contributed by atoms with van der Waals surface area (Å²) in [5.41, 5.74) is 5.27. The van der Waals surface area contributed by atoms with E-state index in [4.69, 9.17) is 9.47 Å². The average Bonchev–Trinajstić information content (AvgIpc) is 2.54. The maximum atomic E-state index is 11.9. The number of methoxy groups -OCH3 is 1. The Balaban J connectivity index is 1.94. The molecule has 0 aromatic heterocycles. The molecule has 2 aromatic rings. The molecule has 25 heavy (non-hydrogen) atoms. The van der Waals surface area contributed by atoms with Gasteiger partial charge in [0.05, 0.1) is 17.8 Å². The summed E-state index contributed by atoms with van der Waals surface area (Å²) in [7, 11) is 1.58. The van der Waals surface area contributed by atoms with Crippen LogP contribution in [0, 0.1) is 13.8 Å². The van der Waals surface area contributed by atoms with Crippen molar-refractivity contribution in [1.29, 1.82) is 0 Å². The SMILES string of the molecule is COc1ccc(Br)cc1/C=N\NC(=O)COc1c(C)cc(C)cc1Br. The van der Waals surface area contributed by atoms with Gasteiger partial charge in [-0.15, -0.1) is 0 Å². The highest BCUT2D eigenvalue weighted by molar-refractivity contribution is 9.10. The zero-order valence-electron chi connectivity index (χ0n) is 14.1. The third kappa shape index (κ3) is 5.57. The molecular formula is C18H18Br2N2O3. The summed E-state index contributed by atoms with van der Waals surface area (Å²) in [6.07, 6.45) is 1.52. The highest BCUT2D eigenvalue weighted by atomic mass is 79.9. The molecule has 2 rings (SSSR count). The highest BCUT2D eigenvalue weighted by Crippen LogP contribution is 2.30. The third-order valence-corrected chi connectivity index (χ3v) is 4.39. The fourth-order valence-electron chi connectivity index (χ4n) is 2.24. The first-order valence-corrected chi connectivity index (χ1v) is 9.04. The quantitative estimate of drug-likeness (QED) is 0.504. The van der Waals surface area contributed by atoms with Crippen LogP contribution >= 0.6 is 31.9 Å². The molecule has 0 fully saturated rings. The Bertz CT molecular complexity index is 784. The number of hydrogen-bond acceptors (Lipinski definition) is 4. The van der Waals surface area contributed by atoms with E-state index in [1.165, 1.54) is 6.21 Å². The molecule has 0 heterocycles. The van der Waals surface area contributed by atoms with Gasteiger partial charge in [0, 0.05) is 10.0 Å². The Morgan fingerprint density at radius 2 is 2.00 bits per heavy atom. The minimum absolute atomic E-state index is 0.130. The summed E-state index contributed by atoms with van der Waals surface area (Å²) < 4.78 is 12.5. The van der Waals surface area contributed by atoms with Crippen LogP contribution in [0.1, 0.15) is 16.7 Å². The lowest BCUT2D eigenvalue weighted by molar-refractivity contribution is -0.123. The number of hydrogen-bond donors (Lipinski definition) is 1. The van der Waals surface area contributed by atoms with Crippen molar-refractivity contribution in [2.45, 2.75) is 13.8 Å². The second kappa shape index (κ2) is 9.01. The number of nitrogens with zero attached hydrogens (tertiary/aromatic N) is 1. The van der Waals surface area contributed by atoms with E-state index in [9.17, 15) is 4.79 Å². The monoisotopic (exact) mass is 468 g/mol. The van der Waals surface area contributed by atoms with Crippen molar-refractivity contribution in [2.24, 2.45) is 5.10 Å². The van der Waals surface area contributed by atoms with Gasteiger partial charge < -0.3 is 9.47 Å². The van der Waals surface area contributed by atoms with E-state index in [1.54, 1.807) is 7.11 Å². The van der Waals surface area contributed by atoms with Gasteiger partial charge in [0.25, 0.3) is 5.91 Å².